The second-order valence-electron chi connectivity index (χ2n) is 4.15. The summed E-state index contributed by atoms with van der Waals surface area (Å²) in [5.74, 6) is 0. The molecule has 1 saturated heterocycles. The average molecular weight is 223 g/mol. The zero-order valence-corrected chi connectivity index (χ0v) is 9.97. The first-order chi connectivity index (χ1) is 7.16. The van der Waals surface area contributed by atoms with Gasteiger partial charge in [0.25, 0.3) is 0 Å². The maximum atomic E-state index is 9.73. The van der Waals surface area contributed by atoms with Gasteiger partial charge < -0.3 is 10.4 Å². The predicted molar refractivity (Wildman–Crippen MR) is 64.4 cm³/mol. The molecule has 2 rings (SSSR count). The quantitative estimate of drug-likeness (QED) is 0.801. The lowest BCUT2D eigenvalue weighted by Crippen LogP contribution is -2.20. The highest BCUT2D eigenvalue weighted by molar-refractivity contribution is 8.00. The number of aliphatic hydroxyl groups is 1. The summed E-state index contributed by atoms with van der Waals surface area (Å²) in [5, 5.41) is 13.2. The van der Waals surface area contributed by atoms with Crippen molar-refractivity contribution in [1.82, 2.24) is 5.32 Å². The molecule has 1 heterocycles. The van der Waals surface area contributed by atoms with Gasteiger partial charge in [0.2, 0.25) is 0 Å². The number of hydrogen-bond acceptors (Lipinski definition) is 3. The van der Waals surface area contributed by atoms with Crippen LogP contribution in [0.25, 0.3) is 0 Å². The Kier molecular flexibility index (Phi) is 3.34. The van der Waals surface area contributed by atoms with E-state index in [4.69, 9.17) is 0 Å². The smallest absolute Gasteiger partial charge is 0.0798 e. The minimum atomic E-state index is -0.213. The van der Waals surface area contributed by atoms with Crippen LogP contribution in [0.2, 0.25) is 0 Å². The Morgan fingerprint density at radius 2 is 2.13 bits per heavy atom. The normalized spacial score (nSPS) is 25.8. The number of hydrogen-bond donors (Lipinski definition) is 2. The van der Waals surface area contributed by atoms with Crippen LogP contribution in [0.5, 0.6) is 0 Å². The van der Waals surface area contributed by atoms with E-state index in [9.17, 15) is 5.11 Å². The molecule has 3 heteroatoms. The number of aliphatic hydroxyl groups excluding tert-OH is 1. The lowest BCUT2D eigenvalue weighted by Gasteiger charge is -2.14. The zero-order valence-electron chi connectivity index (χ0n) is 9.16. The maximum Gasteiger partial charge on any atom is 0.0798 e. The van der Waals surface area contributed by atoms with E-state index in [1.54, 1.807) is 11.8 Å². The highest BCUT2D eigenvalue weighted by Crippen LogP contribution is 2.30. The van der Waals surface area contributed by atoms with Crippen LogP contribution in [0.3, 0.4) is 0 Å². The molecule has 0 bridgehead atoms. The molecular formula is C12H17NOS. The average Bonchev–Trinajstić information content (AvgIpc) is 2.58. The van der Waals surface area contributed by atoms with E-state index in [1.807, 2.05) is 0 Å². The highest BCUT2D eigenvalue weighted by Gasteiger charge is 2.26. The van der Waals surface area contributed by atoms with Gasteiger partial charge >= 0.3 is 0 Å². The summed E-state index contributed by atoms with van der Waals surface area (Å²) in [6.07, 6.45) is -0.213. The van der Waals surface area contributed by atoms with Crippen molar-refractivity contribution >= 4 is 11.8 Å². The van der Waals surface area contributed by atoms with E-state index in [2.05, 4.69) is 37.4 Å². The van der Waals surface area contributed by atoms with Crippen LogP contribution in [0, 0.1) is 13.8 Å². The third kappa shape index (κ3) is 2.54. The molecule has 0 aliphatic carbocycles. The lowest BCUT2D eigenvalue weighted by atomic mass is 10.2. The Bertz CT molecular complexity index is 353. The monoisotopic (exact) mass is 223 g/mol. The molecule has 1 aliphatic heterocycles. The summed E-state index contributed by atoms with van der Waals surface area (Å²) < 4.78 is 0. The lowest BCUT2D eigenvalue weighted by molar-refractivity contribution is 0.201. The fourth-order valence-electron chi connectivity index (χ4n) is 1.76. The van der Waals surface area contributed by atoms with Gasteiger partial charge in [-0.1, -0.05) is 17.7 Å². The van der Waals surface area contributed by atoms with Crippen molar-refractivity contribution in [3.8, 4) is 0 Å². The predicted octanol–water partition coefficient (Wildman–Crippen LogP) is 1.73. The first-order valence-electron chi connectivity index (χ1n) is 5.29. The number of nitrogens with one attached hydrogen (secondary N) is 1. The largest absolute Gasteiger partial charge is 0.391 e. The highest BCUT2D eigenvalue weighted by atomic mass is 32.2. The van der Waals surface area contributed by atoms with Crippen molar-refractivity contribution in [3.63, 3.8) is 0 Å². The van der Waals surface area contributed by atoms with Crippen LogP contribution in [0.4, 0.5) is 0 Å². The van der Waals surface area contributed by atoms with Gasteiger partial charge in [0.1, 0.15) is 0 Å². The van der Waals surface area contributed by atoms with Crippen LogP contribution in [-0.2, 0) is 0 Å². The van der Waals surface area contributed by atoms with E-state index in [-0.39, 0.29) is 6.10 Å². The minimum Gasteiger partial charge on any atom is -0.391 e. The van der Waals surface area contributed by atoms with E-state index in [0.717, 1.165) is 13.1 Å². The van der Waals surface area contributed by atoms with Crippen molar-refractivity contribution < 1.29 is 5.11 Å². The molecule has 2 nitrogen and oxygen atoms in total. The summed E-state index contributed by atoms with van der Waals surface area (Å²) in [6.45, 7) is 5.85. The number of benzene rings is 1. The van der Waals surface area contributed by atoms with Gasteiger partial charge in [0, 0.05) is 23.2 Å². The van der Waals surface area contributed by atoms with Crippen LogP contribution < -0.4 is 5.32 Å². The summed E-state index contributed by atoms with van der Waals surface area (Å²) in [7, 11) is 0. The number of β-amino-alcohol motifs (C(OH)–C–C–N with tert-alkyl or cyclic N) is 1. The summed E-state index contributed by atoms with van der Waals surface area (Å²) in [5.41, 5.74) is 2.58. The molecule has 2 N–H and O–H groups in total. The van der Waals surface area contributed by atoms with Crippen LogP contribution in [0.1, 0.15) is 11.1 Å². The molecule has 0 spiro atoms. The summed E-state index contributed by atoms with van der Waals surface area (Å²) in [4.78, 5) is 1.29. The second-order valence-corrected chi connectivity index (χ2v) is 5.43. The molecule has 0 radical (unpaired) electrons. The van der Waals surface area contributed by atoms with Gasteiger partial charge in [-0.15, -0.1) is 11.8 Å². The number of thioether (sulfide) groups is 1. The Balaban J connectivity index is 2.12. The molecule has 0 amide bonds. The fraction of sp³-hybridized carbons (Fsp3) is 0.500. The standard InChI is InChI=1S/C12H17NOS/c1-8-3-4-9(2)11(5-8)15-12-7-13-6-10(12)14/h3-5,10,12-14H,6-7H2,1-2H3. The molecular weight excluding hydrogens is 206 g/mol. The third-order valence-electron chi connectivity index (χ3n) is 2.75. The van der Waals surface area contributed by atoms with Gasteiger partial charge in [-0.3, -0.25) is 0 Å². The Morgan fingerprint density at radius 3 is 2.80 bits per heavy atom. The van der Waals surface area contributed by atoms with Gasteiger partial charge in [0.15, 0.2) is 0 Å². The molecule has 1 aromatic rings. The van der Waals surface area contributed by atoms with E-state index in [1.165, 1.54) is 16.0 Å². The van der Waals surface area contributed by atoms with E-state index >= 15 is 0 Å². The third-order valence-corrected chi connectivity index (χ3v) is 4.23. The summed E-state index contributed by atoms with van der Waals surface area (Å²) >= 11 is 1.79. The molecule has 15 heavy (non-hydrogen) atoms. The maximum absolute atomic E-state index is 9.73. The molecule has 82 valence electrons. The first-order valence-corrected chi connectivity index (χ1v) is 6.17. The Hall–Kier alpha value is -0.510. The molecule has 1 aliphatic rings. The topological polar surface area (TPSA) is 32.3 Å². The molecule has 2 unspecified atom stereocenters. The van der Waals surface area contributed by atoms with Crippen LogP contribution in [-0.4, -0.2) is 29.5 Å². The zero-order chi connectivity index (χ0) is 10.8. The minimum absolute atomic E-state index is 0.213. The Labute approximate surface area is 95.1 Å². The SMILES string of the molecule is Cc1ccc(C)c(SC2CNCC2O)c1. The van der Waals surface area contributed by atoms with Gasteiger partial charge in [-0.05, 0) is 25.5 Å². The van der Waals surface area contributed by atoms with Crippen molar-refractivity contribution in [2.75, 3.05) is 13.1 Å². The van der Waals surface area contributed by atoms with Crippen LogP contribution in [0.15, 0.2) is 23.1 Å². The molecule has 1 aromatic carbocycles. The molecule has 0 saturated carbocycles. The number of aryl methyl sites for hydroxylation is 2. The molecule has 1 fully saturated rings. The first kappa shape index (κ1) is 11.0. The van der Waals surface area contributed by atoms with Crippen LogP contribution >= 0.6 is 11.8 Å². The van der Waals surface area contributed by atoms with Gasteiger partial charge in [0.05, 0.1) is 6.10 Å². The van der Waals surface area contributed by atoms with Crippen molar-refractivity contribution in [2.24, 2.45) is 0 Å². The molecule has 0 aromatic heterocycles. The fourth-order valence-corrected chi connectivity index (χ4v) is 3.05. The second kappa shape index (κ2) is 4.56. The van der Waals surface area contributed by atoms with Crippen molar-refractivity contribution in [1.29, 1.82) is 0 Å². The van der Waals surface area contributed by atoms with Gasteiger partial charge in [-0.25, -0.2) is 0 Å². The summed E-state index contributed by atoms with van der Waals surface area (Å²) in [6, 6.07) is 6.47. The van der Waals surface area contributed by atoms with Crippen molar-refractivity contribution in [2.45, 2.75) is 30.1 Å². The van der Waals surface area contributed by atoms with Crippen molar-refractivity contribution in [3.05, 3.63) is 29.3 Å². The van der Waals surface area contributed by atoms with Gasteiger partial charge in [-0.2, -0.15) is 0 Å². The van der Waals surface area contributed by atoms with E-state index < -0.39 is 0 Å². The number of rotatable bonds is 2. The van der Waals surface area contributed by atoms with E-state index in [0.29, 0.717) is 5.25 Å². The Morgan fingerprint density at radius 1 is 1.33 bits per heavy atom. The molecule has 2 atom stereocenters.